The summed E-state index contributed by atoms with van der Waals surface area (Å²) in [6.45, 7) is 6.62. The third-order valence-electron chi connectivity index (χ3n) is 0.965. The number of hydrogen-bond acceptors (Lipinski definition) is 2. The van der Waals surface area contributed by atoms with E-state index in [-0.39, 0.29) is 5.78 Å². The van der Waals surface area contributed by atoms with Gasteiger partial charge in [-0.3, -0.25) is 9.59 Å². The molecule has 2 heteroatoms. The van der Waals surface area contributed by atoms with Crippen molar-refractivity contribution in [2.75, 3.05) is 0 Å². The highest BCUT2D eigenvalue weighted by Gasteiger charge is 1.96. The molecule has 0 aliphatic heterocycles. The zero-order valence-corrected chi connectivity index (χ0v) is 6.18. The van der Waals surface area contributed by atoms with E-state index in [2.05, 4.69) is 6.58 Å². The molecule has 0 aliphatic rings. The van der Waals surface area contributed by atoms with Crippen LogP contribution in [-0.2, 0) is 9.59 Å². The molecule has 0 N–H and O–H groups in total. The van der Waals surface area contributed by atoms with Gasteiger partial charge in [0.2, 0.25) is 0 Å². The van der Waals surface area contributed by atoms with Crippen LogP contribution in [0.5, 0.6) is 0 Å². The van der Waals surface area contributed by atoms with Gasteiger partial charge in [0.15, 0.2) is 5.78 Å². The molecular formula is C8H10O2. The van der Waals surface area contributed by atoms with Crippen LogP contribution in [-0.4, -0.2) is 12.1 Å². The van der Waals surface area contributed by atoms with Crippen LogP contribution in [0.3, 0.4) is 0 Å². The Labute approximate surface area is 60.2 Å². The molecule has 0 aromatic rings. The maximum Gasteiger partial charge on any atom is 0.181 e. The molecule has 0 rings (SSSR count). The fourth-order valence-corrected chi connectivity index (χ4v) is 0.364. The summed E-state index contributed by atoms with van der Waals surface area (Å²) < 4.78 is 0. The first-order valence-corrected chi connectivity index (χ1v) is 2.91. The summed E-state index contributed by atoms with van der Waals surface area (Å²) in [4.78, 5) is 20.8. The molecule has 0 spiro atoms. The minimum atomic E-state index is -0.190. The van der Waals surface area contributed by atoms with Gasteiger partial charge in [0, 0.05) is 0 Å². The standard InChI is InChI=1S/C8H10O2/c1-6(2)8(10)4-7(3)5-9/h4-5H,1H2,2-3H3. The molecule has 0 atom stereocenters. The molecule has 0 amide bonds. The minimum absolute atomic E-state index is 0.190. The lowest BCUT2D eigenvalue weighted by Gasteiger charge is -1.89. The van der Waals surface area contributed by atoms with Crippen molar-refractivity contribution in [2.24, 2.45) is 0 Å². The van der Waals surface area contributed by atoms with Crippen molar-refractivity contribution in [1.29, 1.82) is 0 Å². The van der Waals surface area contributed by atoms with Crippen LogP contribution in [0.4, 0.5) is 0 Å². The Hall–Kier alpha value is -1.18. The van der Waals surface area contributed by atoms with Crippen molar-refractivity contribution < 1.29 is 9.59 Å². The molecule has 2 nitrogen and oxygen atoms in total. The molecule has 0 saturated carbocycles. The van der Waals surface area contributed by atoms with Crippen LogP contribution in [0.2, 0.25) is 0 Å². The quantitative estimate of drug-likeness (QED) is 0.435. The van der Waals surface area contributed by atoms with Crippen LogP contribution in [0.1, 0.15) is 13.8 Å². The Kier molecular flexibility index (Phi) is 3.33. The topological polar surface area (TPSA) is 34.1 Å². The maximum absolute atomic E-state index is 10.8. The number of allylic oxidation sites excluding steroid dienone is 3. The number of carbonyl (C=O) groups is 2. The van der Waals surface area contributed by atoms with Gasteiger partial charge in [-0.1, -0.05) is 6.58 Å². The summed E-state index contributed by atoms with van der Waals surface area (Å²) in [5.74, 6) is -0.190. The molecule has 0 aromatic carbocycles. The number of carbonyl (C=O) groups excluding carboxylic acids is 2. The number of aldehydes is 1. The van der Waals surface area contributed by atoms with Crippen LogP contribution < -0.4 is 0 Å². The average molecular weight is 138 g/mol. The Bertz CT molecular complexity index is 199. The molecule has 0 saturated heterocycles. The van der Waals surface area contributed by atoms with Gasteiger partial charge < -0.3 is 0 Å². The van der Waals surface area contributed by atoms with Crippen molar-refractivity contribution in [1.82, 2.24) is 0 Å². The molecule has 10 heavy (non-hydrogen) atoms. The molecule has 0 radical (unpaired) electrons. The van der Waals surface area contributed by atoms with Crippen LogP contribution in [0.15, 0.2) is 23.8 Å². The molecule has 0 aromatic heterocycles. The lowest BCUT2D eigenvalue weighted by Crippen LogP contribution is -1.94. The lowest BCUT2D eigenvalue weighted by molar-refractivity contribution is -0.111. The van der Waals surface area contributed by atoms with Gasteiger partial charge in [0.1, 0.15) is 6.29 Å². The largest absolute Gasteiger partial charge is 0.298 e. The lowest BCUT2D eigenvalue weighted by atomic mass is 10.2. The molecular weight excluding hydrogens is 128 g/mol. The predicted octanol–water partition coefficient (Wildman–Crippen LogP) is 1.28. The number of rotatable bonds is 3. The van der Waals surface area contributed by atoms with Crippen molar-refractivity contribution in [3.63, 3.8) is 0 Å². The van der Waals surface area contributed by atoms with Crippen molar-refractivity contribution in [3.8, 4) is 0 Å². The Morgan fingerprint density at radius 2 is 1.90 bits per heavy atom. The van der Waals surface area contributed by atoms with Crippen molar-refractivity contribution >= 4 is 12.1 Å². The van der Waals surface area contributed by atoms with E-state index in [9.17, 15) is 9.59 Å². The van der Waals surface area contributed by atoms with Gasteiger partial charge >= 0.3 is 0 Å². The average Bonchev–Trinajstić information content (AvgIpc) is 1.87. The van der Waals surface area contributed by atoms with Crippen LogP contribution in [0, 0.1) is 0 Å². The Balaban J connectivity index is 4.27. The first-order valence-electron chi connectivity index (χ1n) is 2.91. The fourth-order valence-electron chi connectivity index (χ4n) is 0.364. The monoisotopic (exact) mass is 138 g/mol. The first kappa shape index (κ1) is 8.82. The third-order valence-corrected chi connectivity index (χ3v) is 0.965. The van der Waals surface area contributed by atoms with E-state index in [0.29, 0.717) is 17.4 Å². The van der Waals surface area contributed by atoms with Crippen LogP contribution in [0.25, 0.3) is 0 Å². The first-order chi connectivity index (χ1) is 4.57. The second-order valence-corrected chi connectivity index (χ2v) is 2.15. The zero-order valence-electron chi connectivity index (χ0n) is 6.18. The normalized spacial score (nSPS) is 10.8. The van der Waals surface area contributed by atoms with E-state index in [4.69, 9.17) is 0 Å². The minimum Gasteiger partial charge on any atom is -0.298 e. The summed E-state index contributed by atoms with van der Waals surface area (Å²) in [5, 5.41) is 0. The Morgan fingerprint density at radius 1 is 1.40 bits per heavy atom. The highest BCUT2D eigenvalue weighted by Crippen LogP contribution is 1.94. The van der Waals surface area contributed by atoms with E-state index in [1.54, 1.807) is 13.8 Å². The fraction of sp³-hybridized carbons (Fsp3) is 0.250. The van der Waals surface area contributed by atoms with E-state index in [1.165, 1.54) is 6.08 Å². The SMILES string of the molecule is C=C(C)C(=O)C=C(C)C=O. The summed E-state index contributed by atoms with van der Waals surface area (Å²) in [6.07, 6.45) is 1.91. The van der Waals surface area contributed by atoms with E-state index < -0.39 is 0 Å². The molecule has 0 fully saturated rings. The summed E-state index contributed by atoms with van der Waals surface area (Å²) >= 11 is 0. The zero-order chi connectivity index (χ0) is 8.15. The molecule has 0 heterocycles. The van der Waals surface area contributed by atoms with E-state index in [1.807, 2.05) is 0 Å². The van der Waals surface area contributed by atoms with E-state index in [0.717, 1.165) is 0 Å². The predicted molar refractivity (Wildman–Crippen MR) is 39.6 cm³/mol. The van der Waals surface area contributed by atoms with Gasteiger partial charge in [0.25, 0.3) is 0 Å². The highest BCUT2D eigenvalue weighted by atomic mass is 16.1. The maximum atomic E-state index is 10.8. The number of hydrogen-bond donors (Lipinski definition) is 0. The van der Waals surface area contributed by atoms with Gasteiger partial charge in [-0.05, 0) is 31.1 Å². The van der Waals surface area contributed by atoms with Gasteiger partial charge in [-0.25, -0.2) is 0 Å². The molecule has 0 aliphatic carbocycles. The Morgan fingerprint density at radius 3 is 2.20 bits per heavy atom. The second kappa shape index (κ2) is 3.77. The number of ketones is 1. The van der Waals surface area contributed by atoms with Gasteiger partial charge in [-0.2, -0.15) is 0 Å². The molecule has 54 valence electrons. The molecule has 0 unspecified atom stereocenters. The summed E-state index contributed by atoms with van der Waals surface area (Å²) in [7, 11) is 0. The second-order valence-electron chi connectivity index (χ2n) is 2.15. The van der Waals surface area contributed by atoms with Gasteiger partial charge in [0.05, 0.1) is 0 Å². The smallest absolute Gasteiger partial charge is 0.181 e. The third kappa shape index (κ3) is 2.97. The van der Waals surface area contributed by atoms with E-state index >= 15 is 0 Å². The highest BCUT2D eigenvalue weighted by molar-refractivity contribution is 6.05. The van der Waals surface area contributed by atoms with Crippen molar-refractivity contribution in [3.05, 3.63) is 23.8 Å². The van der Waals surface area contributed by atoms with Crippen molar-refractivity contribution in [2.45, 2.75) is 13.8 Å². The molecule has 0 bridgehead atoms. The summed E-state index contributed by atoms with van der Waals surface area (Å²) in [5.41, 5.74) is 0.870. The van der Waals surface area contributed by atoms with Gasteiger partial charge in [-0.15, -0.1) is 0 Å². The summed E-state index contributed by atoms with van der Waals surface area (Å²) in [6, 6.07) is 0. The van der Waals surface area contributed by atoms with Crippen LogP contribution >= 0.6 is 0 Å².